The second-order valence-corrected chi connectivity index (χ2v) is 6.13. The number of nitrogens with one attached hydrogen (secondary N) is 1. The molecule has 4 aromatic rings. The largest absolute Gasteiger partial charge is 0.332 e. The van der Waals surface area contributed by atoms with Gasteiger partial charge in [-0.15, -0.1) is 5.10 Å². The maximum absolute atomic E-state index is 12.9. The quantitative estimate of drug-likeness (QED) is 0.567. The second-order valence-electron chi connectivity index (χ2n) is 6.13. The maximum atomic E-state index is 12.9. The molecule has 4 rings (SSSR count). The summed E-state index contributed by atoms with van der Waals surface area (Å²) in [5, 5.41) is 7.48. The fourth-order valence-electron chi connectivity index (χ4n) is 2.87. The van der Waals surface area contributed by atoms with E-state index in [1.54, 1.807) is 18.5 Å². The number of fused-ring (bicyclic) bond motifs is 1. The molecule has 0 aliphatic carbocycles. The van der Waals surface area contributed by atoms with Gasteiger partial charge in [-0.05, 0) is 31.5 Å². The molecule has 0 spiro atoms. The Hall–Kier alpha value is -3.61. The number of aliphatic imine (C=N–C) groups is 1. The summed E-state index contributed by atoms with van der Waals surface area (Å²) in [5.74, 6) is 0.670. The lowest BCUT2D eigenvalue weighted by Gasteiger charge is -2.10. The van der Waals surface area contributed by atoms with Crippen LogP contribution in [-0.2, 0) is 6.54 Å². The number of H-pyrrole nitrogens is 1. The minimum Gasteiger partial charge on any atom is -0.332 e. The summed E-state index contributed by atoms with van der Waals surface area (Å²) in [6, 6.07) is 13.3. The normalized spacial score (nSPS) is 11.5. The molecule has 0 aliphatic heterocycles. The SMILES string of the molecule is CCn1cc(-c2nc(/N=C/c3ccccc3)n[nH]2)c(=O)c2ccc(C)nc21. The Morgan fingerprint density at radius 2 is 1.96 bits per heavy atom. The minimum absolute atomic E-state index is 0.128. The van der Waals surface area contributed by atoms with Gasteiger partial charge in [-0.25, -0.2) is 9.98 Å². The van der Waals surface area contributed by atoms with E-state index in [0.717, 1.165) is 11.3 Å². The van der Waals surface area contributed by atoms with E-state index >= 15 is 0 Å². The van der Waals surface area contributed by atoms with E-state index in [1.807, 2.05) is 54.8 Å². The highest BCUT2D eigenvalue weighted by Crippen LogP contribution is 2.18. The Labute approximate surface area is 155 Å². The number of hydrogen-bond acceptors (Lipinski definition) is 5. The van der Waals surface area contributed by atoms with E-state index in [1.165, 1.54) is 0 Å². The van der Waals surface area contributed by atoms with Gasteiger partial charge in [-0.1, -0.05) is 30.3 Å². The van der Waals surface area contributed by atoms with E-state index in [0.29, 0.717) is 29.0 Å². The van der Waals surface area contributed by atoms with Crippen molar-refractivity contribution in [3.05, 3.63) is 70.1 Å². The van der Waals surface area contributed by atoms with Crippen LogP contribution in [0.5, 0.6) is 0 Å². The van der Waals surface area contributed by atoms with Crippen molar-refractivity contribution in [3.8, 4) is 11.4 Å². The minimum atomic E-state index is -0.128. The summed E-state index contributed by atoms with van der Waals surface area (Å²) in [6.45, 7) is 4.60. The molecular formula is C20H18N6O. The lowest BCUT2D eigenvalue weighted by atomic mass is 10.1. The van der Waals surface area contributed by atoms with Crippen molar-refractivity contribution in [2.45, 2.75) is 20.4 Å². The molecular weight excluding hydrogens is 340 g/mol. The molecule has 7 heteroatoms. The summed E-state index contributed by atoms with van der Waals surface area (Å²) in [7, 11) is 0. The molecule has 0 radical (unpaired) electrons. The number of nitrogens with zero attached hydrogens (tertiary/aromatic N) is 5. The van der Waals surface area contributed by atoms with E-state index in [-0.39, 0.29) is 11.4 Å². The van der Waals surface area contributed by atoms with E-state index in [2.05, 4.69) is 25.2 Å². The van der Waals surface area contributed by atoms with Gasteiger partial charge in [0.05, 0.1) is 10.9 Å². The van der Waals surface area contributed by atoms with Gasteiger partial charge in [0.1, 0.15) is 5.65 Å². The summed E-state index contributed by atoms with van der Waals surface area (Å²) in [4.78, 5) is 26.0. The van der Waals surface area contributed by atoms with Crippen molar-refractivity contribution in [2.24, 2.45) is 4.99 Å². The first-order valence-corrected chi connectivity index (χ1v) is 8.68. The van der Waals surface area contributed by atoms with Crippen LogP contribution in [0, 0.1) is 6.92 Å². The molecule has 0 saturated heterocycles. The van der Waals surface area contributed by atoms with Gasteiger partial charge in [-0.3, -0.25) is 9.89 Å². The zero-order chi connectivity index (χ0) is 18.8. The molecule has 0 fully saturated rings. The summed E-state index contributed by atoms with van der Waals surface area (Å²) in [6.07, 6.45) is 3.45. The number of hydrogen-bond donors (Lipinski definition) is 1. The van der Waals surface area contributed by atoms with Crippen LogP contribution in [0.25, 0.3) is 22.4 Å². The zero-order valence-electron chi connectivity index (χ0n) is 15.0. The molecule has 3 heterocycles. The van der Waals surface area contributed by atoms with Crippen LogP contribution in [-0.4, -0.2) is 30.9 Å². The Balaban J connectivity index is 1.76. The summed E-state index contributed by atoms with van der Waals surface area (Å²) < 4.78 is 1.94. The van der Waals surface area contributed by atoms with Crippen LogP contribution in [0.4, 0.5) is 5.95 Å². The molecule has 1 N–H and O–H groups in total. The third-order valence-electron chi connectivity index (χ3n) is 4.26. The Bertz CT molecular complexity index is 1190. The zero-order valence-corrected chi connectivity index (χ0v) is 15.0. The first kappa shape index (κ1) is 16.8. The van der Waals surface area contributed by atoms with Crippen LogP contribution in [0.15, 0.2) is 58.4 Å². The molecule has 0 atom stereocenters. The standard InChI is InChI=1S/C20H18N6O/c1-3-26-12-16(17(27)15-10-9-13(2)22-19(15)26)18-23-20(25-24-18)21-11-14-7-5-4-6-8-14/h4-12H,3H2,1-2H3,(H,23,24,25)/b21-11+. The molecule has 7 nitrogen and oxygen atoms in total. The van der Waals surface area contributed by atoms with Crippen LogP contribution in [0.1, 0.15) is 18.2 Å². The number of benzene rings is 1. The van der Waals surface area contributed by atoms with Crippen molar-refractivity contribution in [1.82, 2.24) is 24.7 Å². The highest BCUT2D eigenvalue weighted by atomic mass is 16.1. The number of aromatic amines is 1. The second kappa shape index (κ2) is 6.95. The van der Waals surface area contributed by atoms with Gasteiger partial charge in [0, 0.05) is 24.7 Å². The molecule has 0 aliphatic rings. The summed E-state index contributed by atoms with van der Waals surface area (Å²) >= 11 is 0. The molecule has 134 valence electrons. The van der Waals surface area contributed by atoms with Gasteiger partial charge >= 0.3 is 0 Å². The van der Waals surface area contributed by atoms with Crippen LogP contribution in [0.2, 0.25) is 0 Å². The first-order valence-electron chi connectivity index (χ1n) is 8.68. The fourth-order valence-corrected chi connectivity index (χ4v) is 2.87. The average Bonchev–Trinajstić information content (AvgIpc) is 3.16. The fraction of sp³-hybridized carbons (Fsp3) is 0.150. The topological polar surface area (TPSA) is 88.8 Å². The molecule has 0 unspecified atom stereocenters. The third kappa shape index (κ3) is 3.27. The predicted molar refractivity (Wildman–Crippen MR) is 105 cm³/mol. The lowest BCUT2D eigenvalue weighted by Crippen LogP contribution is -2.13. The van der Waals surface area contributed by atoms with Gasteiger partial charge in [0.25, 0.3) is 5.95 Å². The Morgan fingerprint density at radius 1 is 1.15 bits per heavy atom. The van der Waals surface area contributed by atoms with Gasteiger partial charge in [-0.2, -0.15) is 4.98 Å². The molecule has 0 bridgehead atoms. The number of rotatable bonds is 4. The van der Waals surface area contributed by atoms with Crippen LogP contribution in [0.3, 0.4) is 0 Å². The van der Waals surface area contributed by atoms with E-state index < -0.39 is 0 Å². The molecule has 0 saturated carbocycles. The highest BCUT2D eigenvalue weighted by Gasteiger charge is 2.14. The maximum Gasteiger partial charge on any atom is 0.268 e. The van der Waals surface area contributed by atoms with Gasteiger partial charge in [0.15, 0.2) is 5.82 Å². The monoisotopic (exact) mass is 358 g/mol. The Morgan fingerprint density at radius 3 is 2.74 bits per heavy atom. The smallest absolute Gasteiger partial charge is 0.268 e. The molecule has 1 aromatic carbocycles. The third-order valence-corrected chi connectivity index (χ3v) is 4.26. The molecule has 0 amide bonds. The molecule has 27 heavy (non-hydrogen) atoms. The number of aromatic nitrogens is 5. The van der Waals surface area contributed by atoms with Crippen molar-refractivity contribution >= 4 is 23.2 Å². The van der Waals surface area contributed by atoms with Crippen molar-refractivity contribution < 1.29 is 0 Å². The van der Waals surface area contributed by atoms with Crippen molar-refractivity contribution in [2.75, 3.05) is 0 Å². The predicted octanol–water partition coefficient (Wildman–Crippen LogP) is 3.26. The van der Waals surface area contributed by atoms with E-state index in [9.17, 15) is 4.79 Å². The van der Waals surface area contributed by atoms with Crippen molar-refractivity contribution in [1.29, 1.82) is 0 Å². The summed E-state index contributed by atoms with van der Waals surface area (Å²) in [5.41, 5.74) is 2.81. The molecule has 3 aromatic heterocycles. The Kier molecular flexibility index (Phi) is 4.33. The number of pyridine rings is 2. The number of aryl methyl sites for hydroxylation is 2. The average molecular weight is 358 g/mol. The van der Waals surface area contributed by atoms with E-state index in [4.69, 9.17) is 0 Å². The van der Waals surface area contributed by atoms with Gasteiger partial charge < -0.3 is 4.57 Å². The van der Waals surface area contributed by atoms with Gasteiger partial charge in [0.2, 0.25) is 5.43 Å². The highest BCUT2D eigenvalue weighted by molar-refractivity contribution is 5.82. The van der Waals surface area contributed by atoms with Crippen LogP contribution < -0.4 is 5.43 Å². The first-order chi connectivity index (χ1) is 13.2. The lowest BCUT2D eigenvalue weighted by molar-refractivity contribution is 0.776. The van der Waals surface area contributed by atoms with Crippen LogP contribution >= 0.6 is 0 Å². The van der Waals surface area contributed by atoms with Crippen molar-refractivity contribution in [3.63, 3.8) is 0 Å².